The summed E-state index contributed by atoms with van der Waals surface area (Å²) in [7, 11) is -6.84. The normalized spacial score (nSPS) is 12.2. The van der Waals surface area contributed by atoms with Crippen LogP contribution in [0.4, 0.5) is 13.2 Å². The van der Waals surface area contributed by atoms with E-state index < -0.39 is 32.1 Å². The average molecular weight is 615 g/mol. The van der Waals surface area contributed by atoms with Crippen molar-refractivity contribution >= 4 is 25.3 Å². The van der Waals surface area contributed by atoms with E-state index in [9.17, 15) is 25.6 Å². The molecule has 0 aliphatic rings. The molecule has 2 aromatic heterocycles. The highest BCUT2D eigenvalue weighted by molar-refractivity contribution is 7.91. The zero-order chi connectivity index (χ0) is 30.2. The predicted molar refractivity (Wildman–Crippen MR) is 152 cm³/mol. The zero-order valence-corrected chi connectivity index (χ0v) is 24.1. The van der Waals surface area contributed by atoms with Crippen molar-refractivity contribution in [3.05, 3.63) is 113 Å². The summed E-state index contributed by atoms with van der Waals surface area (Å²) in [5.74, 6) is -0.596. The Morgan fingerprint density at radius 3 is 2.02 bits per heavy atom. The van der Waals surface area contributed by atoms with Crippen LogP contribution in [0.5, 0.6) is 5.75 Å². The first kappa shape index (κ1) is 29.3. The number of benzene rings is 3. The molecule has 3 aromatic carbocycles. The maximum Gasteiger partial charge on any atom is 0.387 e. The fourth-order valence-corrected chi connectivity index (χ4v) is 5.93. The zero-order valence-electron chi connectivity index (χ0n) is 22.5. The lowest BCUT2D eigenvalue weighted by molar-refractivity contribution is -0.0504. The number of halogens is 3. The van der Waals surface area contributed by atoms with Crippen molar-refractivity contribution in [2.45, 2.75) is 29.2 Å². The van der Waals surface area contributed by atoms with Gasteiger partial charge in [0.2, 0.25) is 0 Å². The lowest BCUT2D eigenvalue weighted by Crippen LogP contribution is -2.06. The second-order valence-electron chi connectivity index (χ2n) is 9.82. The number of aromatic nitrogens is 2. The molecule has 0 unspecified atom stereocenters. The van der Waals surface area contributed by atoms with Crippen LogP contribution < -0.4 is 4.74 Å². The topological polar surface area (TPSA) is 94.8 Å². The standard InChI is InChI=1S/C30H25F3N2O5S2/c1-41(36,37)22-11-7-19(8-12-22)15-26-27(16-21-5-3-4-6-28(21)40-30(32)33)35-18-24(25(31)17-29(35)34-26)20-9-13-23(14-10-20)42(2,38)39/h3-14,17-18,30H,15-16H2,1-2H3. The molecule has 0 spiro atoms. The number of hydrogen-bond acceptors (Lipinski definition) is 6. The van der Waals surface area contributed by atoms with Crippen LogP contribution >= 0.6 is 0 Å². The fraction of sp³-hybridized carbons (Fsp3) is 0.167. The Hall–Kier alpha value is -4.16. The van der Waals surface area contributed by atoms with Gasteiger partial charge in [-0.1, -0.05) is 42.5 Å². The van der Waals surface area contributed by atoms with Gasteiger partial charge in [-0.3, -0.25) is 0 Å². The van der Waals surface area contributed by atoms with Crippen LogP contribution in [0.2, 0.25) is 0 Å². The highest BCUT2D eigenvalue weighted by Gasteiger charge is 2.20. The minimum atomic E-state index is -3.45. The lowest BCUT2D eigenvalue weighted by atomic mass is 10.0. The Balaban J connectivity index is 1.64. The molecule has 0 aliphatic heterocycles. The van der Waals surface area contributed by atoms with Gasteiger partial charge in [0, 0.05) is 48.7 Å². The number of nitrogens with zero attached hydrogens (tertiary/aromatic N) is 2. The Labute approximate surface area is 241 Å². The summed E-state index contributed by atoms with van der Waals surface area (Å²) < 4.78 is 95.6. The molecule has 0 fully saturated rings. The van der Waals surface area contributed by atoms with Crippen LogP contribution in [0.25, 0.3) is 16.8 Å². The van der Waals surface area contributed by atoms with Gasteiger partial charge < -0.3 is 9.14 Å². The number of ether oxygens (including phenoxy) is 1. The van der Waals surface area contributed by atoms with Crippen LogP contribution in [0.3, 0.4) is 0 Å². The van der Waals surface area contributed by atoms with Crippen molar-refractivity contribution in [2.24, 2.45) is 0 Å². The summed E-state index contributed by atoms with van der Waals surface area (Å²) in [5, 5.41) is 0. The molecule has 5 rings (SSSR count). The molecule has 218 valence electrons. The quantitative estimate of drug-likeness (QED) is 0.211. The number of pyridine rings is 1. The van der Waals surface area contributed by atoms with Crippen molar-refractivity contribution in [1.82, 2.24) is 9.38 Å². The predicted octanol–water partition coefficient (Wildman–Crippen LogP) is 5.73. The average Bonchev–Trinajstić information content (AvgIpc) is 3.23. The molecule has 0 radical (unpaired) electrons. The van der Waals surface area contributed by atoms with Crippen LogP contribution in [0.15, 0.2) is 94.9 Å². The van der Waals surface area contributed by atoms with Crippen LogP contribution in [0.1, 0.15) is 22.5 Å². The van der Waals surface area contributed by atoms with Gasteiger partial charge in [-0.25, -0.2) is 26.2 Å². The van der Waals surface area contributed by atoms with E-state index in [4.69, 9.17) is 4.74 Å². The SMILES string of the molecule is CS(=O)(=O)c1ccc(Cc2nc3cc(F)c(-c4ccc(S(C)(=O)=O)cc4)cn3c2Cc2ccccc2OC(F)F)cc1. The molecule has 42 heavy (non-hydrogen) atoms. The van der Waals surface area contributed by atoms with Gasteiger partial charge in [-0.2, -0.15) is 8.78 Å². The van der Waals surface area contributed by atoms with Crippen molar-refractivity contribution in [3.8, 4) is 16.9 Å². The smallest absolute Gasteiger partial charge is 0.387 e. The summed E-state index contributed by atoms with van der Waals surface area (Å²) in [6.45, 7) is -3.03. The summed E-state index contributed by atoms with van der Waals surface area (Å²) in [6.07, 6.45) is 4.09. The molecule has 2 heterocycles. The van der Waals surface area contributed by atoms with Crippen molar-refractivity contribution < 1.29 is 34.7 Å². The number of alkyl halides is 2. The third-order valence-corrected chi connectivity index (χ3v) is 9.01. The van der Waals surface area contributed by atoms with Gasteiger partial charge in [0.05, 0.1) is 21.2 Å². The van der Waals surface area contributed by atoms with Gasteiger partial charge >= 0.3 is 6.61 Å². The number of hydrogen-bond donors (Lipinski definition) is 0. The van der Waals surface area contributed by atoms with Gasteiger partial charge in [-0.05, 0) is 41.5 Å². The van der Waals surface area contributed by atoms with E-state index in [0.29, 0.717) is 22.5 Å². The molecule has 0 bridgehead atoms. The number of sulfone groups is 2. The first-order valence-electron chi connectivity index (χ1n) is 12.6. The fourth-order valence-electron chi connectivity index (χ4n) is 4.67. The second-order valence-corrected chi connectivity index (χ2v) is 13.9. The first-order valence-corrected chi connectivity index (χ1v) is 16.4. The molecule has 5 aromatic rings. The molecule has 0 atom stereocenters. The molecule has 0 saturated heterocycles. The van der Waals surface area contributed by atoms with E-state index in [0.717, 1.165) is 18.1 Å². The molecule has 0 saturated carbocycles. The first-order chi connectivity index (χ1) is 19.8. The number of para-hydroxylation sites is 1. The minimum Gasteiger partial charge on any atom is -0.435 e. The van der Waals surface area contributed by atoms with Crippen molar-refractivity contribution in [1.29, 1.82) is 0 Å². The van der Waals surface area contributed by atoms with Crippen LogP contribution in [-0.2, 0) is 32.5 Å². The Kier molecular flexibility index (Phi) is 7.86. The summed E-state index contributed by atoms with van der Waals surface area (Å²) in [5.41, 5.74) is 3.18. The van der Waals surface area contributed by atoms with E-state index in [-0.39, 0.29) is 39.6 Å². The summed E-state index contributed by atoms with van der Waals surface area (Å²) in [6, 6.07) is 19.7. The van der Waals surface area contributed by atoms with Crippen LogP contribution in [0, 0.1) is 5.82 Å². The third-order valence-electron chi connectivity index (χ3n) is 6.75. The van der Waals surface area contributed by atoms with Crippen LogP contribution in [-0.4, -0.2) is 45.3 Å². The number of imidazole rings is 1. The summed E-state index contributed by atoms with van der Waals surface area (Å²) >= 11 is 0. The van der Waals surface area contributed by atoms with E-state index in [1.165, 1.54) is 54.7 Å². The van der Waals surface area contributed by atoms with Gasteiger partial charge in [0.15, 0.2) is 19.7 Å². The third kappa shape index (κ3) is 6.34. The monoisotopic (exact) mass is 614 g/mol. The number of fused-ring (bicyclic) bond motifs is 1. The van der Waals surface area contributed by atoms with Gasteiger partial charge in [-0.15, -0.1) is 0 Å². The highest BCUT2D eigenvalue weighted by atomic mass is 32.2. The Bertz CT molecular complexity index is 1990. The molecule has 12 heteroatoms. The molecule has 0 N–H and O–H groups in total. The minimum absolute atomic E-state index is 0.00963. The number of rotatable bonds is 9. The Morgan fingerprint density at radius 1 is 0.833 bits per heavy atom. The summed E-state index contributed by atoms with van der Waals surface area (Å²) in [4.78, 5) is 4.90. The van der Waals surface area contributed by atoms with E-state index >= 15 is 4.39 Å². The molecule has 0 aliphatic carbocycles. The van der Waals surface area contributed by atoms with E-state index in [2.05, 4.69) is 4.98 Å². The second kappa shape index (κ2) is 11.3. The van der Waals surface area contributed by atoms with Crippen molar-refractivity contribution in [2.75, 3.05) is 12.5 Å². The lowest BCUT2D eigenvalue weighted by Gasteiger charge is -2.13. The Morgan fingerprint density at radius 2 is 1.43 bits per heavy atom. The van der Waals surface area contributed by atoms with E-state index in [1.807, 2.05) is 0 Å². The van der Waals surface area contributed by atoms with Crippen molar-refractivity contribution in [3.63, 3.8) is 0 Å². The van der Waals surface area contributed by atoms with Gasteiger partial charge in [0.1, 0.15) is 17.2 Å². The van der Waals surface area contributed by atoms with Gasteiger partial charge in [0.25, 0.3) is 0 Å². The maximum absolute atomic E-state index is 15.4. The maximum atomic E-state index is 15.4. The molecular weight excluding hydrogens is 589 g/mol. The largest absolute Gasteiger partial charge is 0.435 e. The highest BCUT2D eigenvalue weighted by Crippen LogP contribution is 2.30. The molecular formula is C30H25F3N2O5S2. The van der Waals surface area contributed by atoms with E-state index in [1.54, 1.807) is 34.7 Å². The molecule has 7 nitrogen and oxygen atoms in total. The molecule has 0 amide bonds.